The second kappa shape index (κ2) is 5.95. The van der Waals surface area contributed by atoms with Crippen molar-refractivity contribution in [2.24, 2.45) is 5.84 Å². The molecule has 2 aromatic rings. The molecule has 3 nitrogen and oxygen atoms in total. The van der Waals surface area contributed by atoms with Gasteiger partial charge in [0, 0.05) is 11.4 Å². The molecule has 2 rings (SSSR count). The minimum absolute atomic E-state index is 0.0933. The summed E-state index contributed by atoms with van der Waals surface area (Å²) in [6.45, 7) is 6.12. The molecule has 3 N–H and O–H groups in total. The molecule has 0 bridgehead atoms. The van der Waals surface area contributed by atoms with Gasteiger partial charge in [-0.3, -0.25) is 16.3 Å². The molecule has 0 aliphatic carbocycles. The Hall–Kier alpha value is -1.71. The van der Waals surface area contributed by atoms with E-state index in [4.69, 9.17) is 5.84 Å². The minimum Gasteiger partial charge on any atom is -0.271 e. The number of aryl methyl sites for hydroxylation is 3. The molecular formula is C16H21N3. The van der Waals surface area contributed by atoms with Crippen molar-refractivity contribution in [2.75, 3.05) is 0 Å². The predicted molar refractivity (Wildman–Crippen MR) is 78.7 cm³/mol. The number of nitrogens with one attached hydrogen (secondary N) is 1. The molecule has 100 valence electrons. The average molecular weight is 255 g/mol. The van der Waals surface area contributed by atoms with Crippen LogP contribution < -0.4 is 11.3 Å². The smallest absolute Gasteiger partial charge is 0.0518 e. The quantitative estimate of drug-likeness (QED) is 0.652. The zero-order chi connectivity index (χ0) is 13.8. The van der Waals surface area contributed by atoms with Crippen LogP contribution in [0.3, 0.4) is 0 Å². The van der Waals surface area contributed by atoms with Gasteiger partial charge in [-0.15, -0.1) is 0 Å². The first-order chi connectivity index (χ1) is 9.10. The Balaban J connectivity index is 2.22. The summed E-state index contributed by atoms with van der Waals surface area (Å²) in [6, 6.07) is 12.8. The molecular weight excluding hydrogens is 234 g/mol. The number of hydrogen-bond acceptors (Lipinski definition) is 3. The summed E-state index contributed by atoms with van der Waals surface area (Å²) >= 11 is 0. The van der Waals surface area contributed by atoms with Gasteiger partial charge in [0.1, 0.15) is 0 Å². The molecule has 1 aromatic carbocycles. The average Bonchev–Trinajstić information content (AvgIpc) is 2.39. The van der Waals surface area contributed by atoms with Gasteiger partial charge in [0.25, 0.3) is 0 Å². The van der Waals surface area contributed by atoms with Crippen LogP contribution in [0.25, 0.3) is 0 Å². The molecule has 0 aliphatic rings. The van der Waals surface area contributed by atoms with Crippen LogP contribution in [0.4, 0.5) is 0 Å². The van der Waals surface area contributed by atoms with E-state index in [0.717, 1.165) is 23.4 Å². The van der Waals surface area contributed by atoms with Crippen LogP contribution in [0.15, 0.2) is 36.4 Å². The van der Waals surface area contributed by atoms with E-state index in [2.05, 4.69) is 47.7 Å². The lowest BCUT2D eigenvalue weighted by atomic mass is 9.97. The van der Waals surface area contributed by atoms with Crippen LogP contribution in [0.1, 0.15) is 34.1 Å². The Bertz CT molecular complexity index is 546. The zero-order valence-corrected chi connectivity index (χ0v) is 11.8. The summed E-state index contributed by atoms with van der Waals surface area (Å²) in [7, 11) is 0. The number of pyridine rings is 1. The first kappa shape index (κ1) is 13.7. The van der Waals surface area contributed by atoms with Crippen LogP contribution >= 0.6 is 0 Å². The molecule has 0 radical (unpaired) electrons. The number of benzene rings is 1. The van der Waals surface area contributed by atoms with Gasteiger partial charge in [-0.2, -0.15) is 0 Å². The van der Waals surface area contributed by atoms with Gasteiger partial charge in [0.05, 0.1) is 6.04 Å². The number of rotatable bonds is 4. The fourth-order valence-electron chi connectivity index (χ4n) is 2.28. The molecule has 3 heteroatoms. The Morgan fingerprint density at radius 1 is 1.05 bits per heavy atom. The topological polar surface area (TPSA) is 50.9 Å². The molecule has 0 fully saturated rings. The maximum Gasteiger partial charge on any atom is 0.0518 e. The van der Waals surface area contributed by atoms with Crippen molar-refractivity contribution in [3.05, 3.63) is 64.5 Å². The van der Waals surface area contributed by atoms with Gasteiger partial charge < -0.3 is 0 Å². The largest absolute Gasteiger partial charge is 0.271 e. The van der Waals surface area contributed by atoms with Gasteiger partial charge >= 0.3 is 0 Å². The van der Waals surface area contributed by atoms with Crippen LogP contribution in [-0.4, -0.2) is 4.98 Å². The number of nitrogens with zero attached hydrogens (tertiary/aromatic N) is 1. The normalized spacial score (nSPS) is 12.4. The van der Waals surface area contributed by atoms with Crippen molar-refractivity contribution in [1.82, 2.24) is 10.4 Å². The first-order valence-electron chi connectivity index (χ1n) is 6.56. The van der Waals surface area contributed by atoms with Crippen LogP contribution in [0, 0.1) is 20.8 Å². The summed E-state index contributed by atoms with van der Waals surface area (Å²) in [5, 5.41) is 0. The maximum atomic E-state index is 5.71. The molecule has 0 amide bonds. The van der Waals surface area contributed by atoms with E-state index >= 15 is 0 Å². The molecule has 1 unspecified atom stereocenters. The lowest BCUT2D eigenvalue weighted by molar-refractivity contribution is 0.546. The highest BCUT2D eigenvalue weighted by Gasteiger charge is 2.13. The van der Waals surface area contributed by atoms with Crippen LogP contribution in [-0.2, 0) is 6.42 Å². The lowest BCUT2D eigenvalue weighted by Crippen LogP contribution is -2.30. The fourth-order valence-corrected chi connectivity index (χ4v) is 2.28. The third kappa shape index (κ3) is 3.40. The Labute approximate surface area is 114 Å². The molecule has 1 aromatic heterocycles. The van der Waals surface area contributed by atoms with Crippen molar-refractivity contribution in [3.8, 4) is 0 Å². The van der Waals surface area contributed by atoms with E-state index in [-0.39, 0.29) is 6.04 Å². The van der Waals surface area contributed by atoms with Gasteiger partial charge in [0.2, 0.25) is 0 Å². The van der Waals surface area contributed by atoms with Crippen molar-refractivity contribution >= 4 is 0 Å². The van der Waals surface area contributed by atoms with Gasteiger partial charge in [0.15, 0.2) is 0 Å². The Morgan fingerprint density at radius 3 is 2.32 bits per heavy atom. The van der Waals surface area contributed by atoms with E-state index in [1.54, 1.807) is 0 Å². The molecule has 1 atom stereocenters. The second-order valence-electron chi connectivity index (χ2n) is 5.04. The highest BCUT2D eigenvalue weighted by atomic mass is 15.2. The van der Waals surface area contributed by atoms with Crippen molar-refractivity contribution in [1.29, 1.82) is 0 Å². The first-order valence-corrected chi connectivity index (χ1v) is 6.56. The maximum absolute atomic E-state index is 5.71. The van der Waals surface area contributed by atoms with Gasteiger partial charge in [-0.1, -0.05) is 35.9 Å². The highest BCUT2D eigenvalue weighted by molar-refractivity contribution is 5.28. The lowest BCUT2D eigenvalue weighted by Gasteiger charge is -2.18. The third-order valence-electron chi connectivity index (χ3n) is 3.40. The molecule has 0 saturated carbocycles. The van der Waals surface area contributed by atoms with Crippen LogP contribution in [0.2, 0.25) is 0 Å². The molecule has 0 aliphatic heterocycles. The molecule has 19 heavy (non-hydrogen) atoms. The Kier molecular flexibility index (Phi) is 4.30. The summed E-state index contributed by atoms with van der Waals surface area (Å²) < 4.78 is 0. The van der Waals surface area contributed by atoms with Gasteiger partial charge in [-0.25, -0.2) is 0 Å². The van der Waals surface area contributed by atoms with Crippen molar-refractivity contribution < 1.29 is 0 Å². The van der Waals surface area contributed by atoms with E-state index in [1.165, 1.54) is 11.1 Å². The Morgan fingerprint density at radius 2 is 1.74 bits per heavy atom. The summed E-state index contributed by atoms with van der Waals surface area (Å²) in [4.78, 5) is 4.50. The number of nitrogens with two attached hydrogens (primary N) is 1. The fraction of sp³-hybridized carbons (Fsp3) is 0.312. The number of hydrogen-bond donors (Lipinski definition) is 2. The van der Waals surface area contributed by atoms with E-state index in [9.17, 15) is 0 Å². The molecule has 0 spiro atoms. The monoisotopic (exact) mass is 255 g/mol. The van der Waals surface area contributed by atoms with Gasteiger partial charge in [-0.05, 0) is 44.4 Å². The van der Waals surface area contributed by atoms with E-state index < -0.39 is 0 Å². The van der Waals surface area contributed by atoms with E-state index in [1.807, 2.05) is 19.9 Å². The SMILES string of the molecule is Cc1ccc(CC(NN)c2ccc(C)nc2C)cc1. The third-order valence-corrected chi connectivity index (χ3v) is 3.40. The van der Waals surface area contributed by atoms with Crippen LogP contribution in [0.5, 0.6) is 0 Å². The summed E-state index contributed by atoms with van der Waals surface area (Å²) in [6.07, 6.45) is 0.863. The molecule has 0 saturated heterocycles. The zero-order valence-electron chi connectivity index (χ0n) is 11.8. The number of hydrazine groups is 1. The summed E-state index contributed by atoms with van der Waals surface area (Å²) in [5.74, 6) is 5.71. The molecule has 1 heterocycles. The second-order valence-corrected chi connectivity index (χ2v) is 5.04. The number of aromatic nitrogens is 1. The summed E-state index contributed by atoms with van der Waals surface area (Å²) in [5.41, 5.74) is 8.68. The predicted octanol–water partition coefficient (Wildman–Crippen LogP) is 2.75. The van der Waals surface area contributed by atoms with Crippen molar-refractivity contribution in [2.45, 2.75) is 33.2 Å². The highest BCUT2D eigenvalue weighted by Crippen LogP contribution is 2.20. The van der Waals surface area contributed by atoms with Crippen molar-refractivity contribution in [3.63, 3.8) is 0 Å². The standard InChI is InChI=1S/C16H21N3/c1-11-4-7-14(8-5-11)10-16(19-17)15-9-6-12(2)18-13(15)3/h4-9,16,19H,10,17H2,1-3H3. The minimum atomic E-state index is 0.0933. The van der Waals surface area contributed by atoms with E-state index in [0.29, 0.717) is 0 Å².